The number of esters is 1. The van der Waals surface area contributed by atoms with Gasteiger partial charge in [-0.2, -0.15) is 0 Å². The number of hydrogen-bond acceptors (Lipinski definition) is 18. The molecule has 10 atom stereocenters. The average molecular weight is 757 g/mol. The number of ether oxygens (including phenoxy) is 5. The average Bonchev–Trinajstić information content (AvgIpc) is 3.13. The minimum atomic E-state index is -2.08. The van der Waals surface area contributed by atoms with Crippen LogP contribution in [0.2, 0.25) is 0 Å². The maximum absolute atomic E-state index is 13.9. The first kappa shape index (κ1) is 38.3. The van der Waals surface area contributed by atoms with E-state index in [1.54, 1.807) is 0 Å². The molecule has 0 bridgehead atoms. The van der Waals surface area contributed by atoms with Crippen LogP contribution in [0, 0.1) is 0 Å². The molecule has 2 fully saturated rings. The minimum Gasteiger partial charge on any atom is -0.508 e. The van der Waals surface area contributed by atoms with E-state index in [0.29, 0.717) is 5.56 Å². The van der Waals surface area contributed by atoms with Crippen LogP contribution in [0.15, 0.2) is 69.9 Å². The predicted octanol–water partition coefficient (Wildman–Crippen LogP) is 0.283. The van der Waals surface area contributed by atoms with Gasteiger partial charge < -0.3 is 79.2 Å². The predicted molar refractivity (Wildman–Crippen MR) is 181 cm³/mol. The first-order valence-corrected chi connectivity index (χ1v) is 16.3. The van der Waals surface area contributed by atoms with Gasteiger partial charge in [-0.15, -0.1) is 0 Å². The van der Waals surface area contributed by atoms with Gasteiger partial charge in [0, 0.05) is 23.8 Å². The van der Waals surface area contributed by atoms with E-state index in [2.05, 4.69) is 0 Å². The van der Waals surface area contributed by atoms with Gasteiger partial charge >= 0.3 is 5.97 Å². The van der Waals surface area contributed by atoms with Crippen molar-refractivity contribution in [2.24, 2.45) is 0 Å². The molecule has 2 aliphatic rings. The molecule has 2 aliphatic heterocycles. The van der Waals surface area contributed by atoms with Crippen LogP contribution in [0.5, 0.6) is 34.5 Å². The fraction of sp³-hybridized carbons (Fsp3) is 0.333. The van der Waals surface area contributed by atoms with Crippen LogP contribution in [-0.4, -0.2) is 125 Å². The molecule has 10 N–H and O–H groups in total. The normalized spacial score (nSPS) is 28.6. The first-order chi connectivity index (χ1) is 25.6. The lowest BCUT2D eigenvalue weighted by Gasteiger charge is -2.43. The van der Waals surface area contributed by atoms with Crippen LogP contribution in [0.25, 0.3) is 28.4 Å². The highest BCUT2D eigenvalue weighted by molar-refractivity contribution is 5.88. The van der Waals surface area contributed by atoms with Gasteiger partial charge in [0.15, 0.2) is 29.7 Å². The molecule has 0 spiro atoms. The van der Waals surface area contributed by atoms with E-state index in [4.69, 9.17) is 28.1 Å². The van der Waals surface area contributed by atoms with Crippen molar-refractivity contribution >= 4 is 23.0 Å². The second-order valence-corrected chi connectivity index (χ2v) is 12.6. The molecule has 6 rings (SSSR count). The van der Waals surface area contributed by atoms with E-state index in [-0.39, 0.29) is 16.9 Å². The summed E-state index contributed by atoms with van der Waals surface area (Å²) in [6, 6.07) is 10.9. The number of carbonyl (C=O) groups is 1. The summed E-state index contributed by atoms with van der Waals surface area (Å²) in [6.45, 7) is 0.716. The molecule has 1 aromatic heterocycles. The van der Waals surface area contributed by atoms with Crippen LogP contribution in [0.1, 0.15) is 12.5 Å². The lowest BCUT2D eigenvalue weighted by Crippen LogP contribution is -2.62. The van der Waals surface area contributed by atoms with E-state index < -0.39 is 119 Å². The molecule has 0 aliphatic carbocycles. The van der Waals surface area contributed by atoms with Crippen LogP contribution in [0.4, 0.5) is 0 Å². The Morgan fingerprint density at radius 3 is 2.17 bits per heavy atom. The Morgan fingerprint density at radius 2 is 1.46 bits per heavy atom. The fourth-order valence-corrected chi connectivity index (χ4v) is 5.89. The number of phenolic OH excluding ortho intramolecular Hbond substituents is 5. The van der Waals surface area contributed by atoms with E-state index >= 15 is 0 Å². The second-order valence-electron chi connectivity index (χ2n) is 12.6. The number of phenols is 5. The zero-order chi connectivity index (χ0) is 39.0. The molecule has 3 heterocycles. The largest absolute Gasteiger partial charge is 0.508 e. The summed E-state index contributed by atoms with van der Waals surface area (Å²) in [6.07, 6.45) is -14.6. The topological polar surface area (TPSA) is 296 Å². The summed E-state index contributed by atoms with van der Waals surface area (Å²) in [4.78, 5) is 26.8. The van der Waals surface area contributed by atoms with Gasteiger partial charge in [0.25, 0.3) is 0 Å². The molecule has 0 radical (unpaired) electrons. The monoisotopic (exact) mass is 756 g/mol. The summed E-state index contributed by atoms with van der Waals surface area (Å²) in [5.74, 6) is -4.59. The summed E-state index contributed by atoms with van der Waals surface area (Å²) in [7, 11) is 0. The van der Waals surface area contributed by atoms with Crippen LogP contribution < -0.4 is 10.2 Å². The Morgan fingerprint density at radius 1 is 0.759 bits per heavy atom. The SMILES string of the molecule is C[C@@H]1O[C@H](OC[C@H]2O[C@@H](Oc3c(-c4ccc(O)c(O)c4)oc4cc(O)cc(O)c4c3=O)[C@H](O)[C@@H](O)[C@H]2OC(=O)C=Cc2ccc(O)cc2)[C@H](O)[C@H](O)[C@H]1O. The number of rotatable bonds is 9. The molecule has 3 aromatic carbocycles. The third-order valence-electron chi connectivity index (χ3n) is 8.82. The molecule has 54 heavy (non-hydrogen) atoms. The van der Waals surface area contributed by atoms with E-state index in [0.717, 1.165) is 30.3 Å². The van der Waals surface area contributed by atoms with Gasteiger partial charge in [0.05, 0.1) is 12.7 Å². The van der Waals surface area contributed by atoms with Gasteiger partial charge in [-0.05, 0) is 48.9 Å². The third-order valence-corrected chi connectivity index (χ3v) is 8.82. The lowest BCUT2D eigenvalue weighted by atomic mass is 9.98. The first-order valence-electron chi connectivity index (χ1n) is 16.3. The van der Waals surface area contributed by atoms with E-state index in [9.17, 15) is 60.7 Å². The molecule has 288 valence electrons. The van der Waals surface area contributed by atoms with Crippen molar-refractivity contribution in [1.29, 1.82) is 0 Å². The maximum atomic E-state index is 13.9. The molecule has 0 unspecified atom stereocenters. The lowest BCUT2D eigenvalue weighted by molar-refractivity contribution is -0.319. The van der Waals surface area contributed by atoms with Crippen molar-refractivity contribution in [3.63, 3.8) is 0 Å². The van der Waals surface area contributed by atoms with Crippen LogP contribution >= 0.6 is 0 Å². The molecule has 4 aromatic rings. The maximum Gasteiger partial charge on any atom is 0.331 e. The van der Waals surface area contributed by atoms with Crippen molar-refractivity contribution in [1.82, 2.24) is 0 Å². The van der Waals surface area contributed by atoms with Crippen LogP contribution in [0.3, 0.4) is 0 Å². The molecule has 0 saturated carbocycles. The standard InChI is InChI=1S/C36H36O18/c1-14-26(43)28(45)30(47)35(50-14)49-13-23-33(53-24(42)9-4-15-2-6-17(37)7-3-15)29(46)31(48)36(52-23)54-34-27(44)25-21(41)11-18(38)12-22(25)51-32(34)16-5-8-19(39)20(40)10-16/h2-12,14,23,26,28-31,33,35-41,43,45-48H,13H2,1H3/t14-,23+,26-,28+,29+,30+,31+,33-,35-,36-/m0/s1. The Hall–Kier alpha value is -5.44. The minimum absolute atomic E-state index is 0.0137. The van der Waals surface area contributed by atoms with E-state index in [1.165, 1.54) is 43.3 Å². The van der Waals surface area contributed by atoms with Gasteiger partial charge in [-0.1, -0.05) is 12.1 Å². The number of carbonyl (C=O) groups excluding carboxylic acids is 1. The number of aliphatic hydroxyl groups is 5. The fourth-order valence-electron chi connectivity index (χ4n) is 5.89. The zero-order valence-corrected chi connectivity index (χ0v) is 28.1. The Balaban J connectivity index is 1.34. The highest BCUT2D eigenvalue weighted by atomic mass is 16.7. The number of aromatic hydroxyl groups is 5. The van der Waals surface area contributed by atoms with Crippen LogP contribution in [-0.2, 0) is 23.7 Å². The Kier molecular flexibility index (Phi) is 11.0. The zero-order valence-electron chi connectivity index (χ0n) is 28.1. The quantitative estimate of drug-likeness (QED) is 0.0623. The summed E-state index contributed by atoms with van der Waals surface area (Å²) in [5.41, 5.74) is -0.977. The Bertz CT molecular complexity index is 2080. The third kappa shape index (κ3) is 7.77. The van der Waals surface area contributed by atoms with Crippen molar-refractivity contribution in [2.75, 3.05) is 6.61 Å². The summed E-state index contributed by atoms with van der Waals surface area (Å²) >= 11 is 0. The number of aliphatic hydroxyl groups excluding tert-OH is 5. The molecule has 2 saturated heterocycles. The summed E-state index contributed by atoms with van der Waals surface area (Å²) < 4.78 is 34.1. The highest BCUT2D eigenvalue weighted by Gasteiger charge is 2.50. The van der Waals surface area contributed by atoms with Gasteiger partial charge in [-0.3, -0.25) is 4.79 Å². The number of benzene rings is 3. The van der Waals surface area contributed by atoms with Crippen molar-refractivity contribution in [2.45, 2.75) is 68.3 Å². The summed E-state index contributed by atoms with van der Waals surface area (Å²) in [5, 5.41) is 103. The molecular formula is C36H36O18. The van der Waals surface area contributed by atoms with Gasteiger partial charge in [0.2, 0.25) is 17.5 Å². The van der Waals surface area contributed by atoms with Crippen molar-refractivity contribution in [3.05, 3.63) is 76.5 Å². The second kappa shape index (κ2) is 15.5. The van der Waals surface area contributed by atoms with Gasteiger partial charge in [0.1, 0.15) is 64.8 Å². The smallest absolute Gasteiger partial charge is 0.331 e. The van der Waals surface area contributed by atoms with Crippen molar-refractivity contribution < 1.29 is 84.0 Å². The molecule has 18 nitrogen and oxygen atoms in total. The molecule has 18 heteroatoms. The Labute approximate surface area is 304 Å². The number of hydrogen-bond donors (Lipinski definition) is 10. The molecule has 0 amide bonds. The van der Waals surface area contributed by atoms with Crippen molar-refractivity contribution in [3.8, 4) is 45.8 Å². The number of fused-ring (bicyclic) bond motifs is 1. The highest BCUT2D eigenvalue weighted by Crippen LogP contribution is 2.39. The molecular weight excluding hydrogens is 720 g/mol. The van der Waals surface area contributed by atoms with E-state index in [1.807, 2.05) is 0 Å². The van der Waals surface area contributed by atoms with Gasteiger partial charge in [-0.25, -0.2) is 4.79 Å².